The van der Waals surface area contributed by atoms with Crippen molar-refractivity contribution in [2.24, 2.45) is 0 Å². The molecular formula is C15H18N6OS. The van der Waals surface area contributed by atoms with Gasteiger partial charge in [0.25, 0.3) is 0 Å². The van der Waals surface area contributed by atoms with Crippen LogP contribution in [0.5, 0.6) is 0 Å². The van der Waals surface area contributed by atoms with Crippen LogP contribution in [0, 0.1) is 0 Å². The first-order chi connectivity index (χ1) is 11.3. The number of benzene rings is 1. The van der Waals surface area contributed by atoms with E-state index in [1.807, 2.05) is 46.8 Å². The maximum Gasteiger partial charge on any atom is 0.208 e. The van der Waals surface area contributed by atoms with Crippen LogP contribution in [0.1, 0.15) is 5.82 Å². The van der Waals surface area contributed by atoms with Gasteiger partial charge >= 0.3 is 0 Å². The van der Waals surface area contributed by atoms with E-state index in [-0.39, 0.29) is 0 Å². The third kappa shape index (κ3) is 3.72. The van der Waals surface area contributed by atoms with Gasteiger partial charge in [0.2, 0.25) is 5.13 Å². The molecule has 0 amide bonds. The normalized spacial score (nSPS) is 10.9. The number of rotatable bonds is 7. The highest BCUT2D eigenvalue weighted by molar-refractivity contribution is 7.18. The van der Waals surface area contributed by atoms with Crippen molar-refractivity contribution in [3.8, 4) is 10.6 Å². The molecule has 0 aliphatic rings. The molecule has 8 heteroatoms. The minimum atomic E-state index is 0.618. The van der Waals surface area contributed by atoms with Crippen molar-refractivity contribution in [2.45, 2.75) is 13.1 Å². The maximum atomic E-state index is 5.10. The van der Waals surface area contributed by atoms with Crippen LogP contribution in [0.3, 0.4) is 0 Å². The average molecular weight is 330 g/mol. The zero-order valence-corrected chi connectivity index (χ0v) is 13.9. The lowest BCUT2D eigenvalue weighted by atomic mass is 10.2. The smallest absolute Gasteiger partial charge is 0.208 e. The van der Waals surface area contributed by atoms with Gasteiger partial charge in [0.05, 0.1) is 13.2 Å². The lowest BCUT2D eigenvalue weighted by molar-refractivity contribution is 0.186. The highest BCUT2D eigenvalue weighted by Crippen LogP contribution is 2.28. The fourth-order valence-corrected chi connectivity index (χ4v) is 2.94. The monoisotopic (exact) mass is 330 g/mol. The fraction of sp³-hybridized carbons (Fsp3) is 0.333. The molecule has 0 fully saturated rings. The molecule has 0 saturated heterocycles. The summed E-state index contributed by atoms with van der Waals surface area (Å²) < 4.78 is 7.09. The van der Waals surface area contributed by atoms with Gasteiger partial charge < -0.3 is 14.2 Å². The lowest BCUT2D eigenvalue weighted by Crippen LogP contribution is -2.20. The van der Waals surface area contributed by atoms with E-state index in [9.17, 15) is 0 Å². The molecular weight excluding hydrogens is 312 g/mol. The van der Waals surface area contributed by atoms with Crippen LogP contribution in [0.4, 0.5) is 5.13 Å². The summed E-state index contributed by atoms with van der Waals surface area (Å²) in [6.07, 6.45) is 1.72. The molecule has 120 valence electrons. The second-order valence-electron chi connectivity index (χ2n) is 5.05. The van der Waals surface area contributed by atoms with Gasteiger partial charge in [-0.1, -0.05) is 41.7 Å². The van der Waals surface area contributed by atoms with Crippen LogP contribution in [0.2, 0.25) is 0 Å². The van der Waals surface area contributed by atoms with Gasteiger partial charge in [-0.15, -0.1) is 20.4 Å². The highest BCUT2D eigenvalue weighted by atomic mass is 32.1. The number of nitrogens with zero attached hydrogens (tertiary/aromatic N) is 6. The van der Waals surface area contributed by atoms with E-state index >= 15 is 0 Å². The summed E-state index contributed by atoms with van der Waals surface area (Å²) in [6.45, 7) is 1.98. The lowest BCUT2D eigenvalue weighted by Gasteiger charge is -2.14. The summed E-state index contributed by atoms with van der Waals surface area (Å²) in [4.78, 5) is 2.03. The van der Waals surface area contributed by atoms with Gasteiger partial charge in [0.1, 0.15) is 11.3 Å². The largest absolute Gasteiger partial charge is 0.383 e. The maximum absolute atomic E-state index is 5.10. The third-order valence-corrected chi connectivity index (χ3v) is 4.46. The van der Waals surface area contributed by atoms with Crippen LogP contribution in [0.25, 0.3) is 10.6 Å². The number of methoxy groups -OCH3 is 1. The molecule has 0 aliphatic heterocycles. The predicted octanol–water partition coefficient (Wildman–Crippen LogP) is 2.08. The van der Waals surface area contributed by atoms with E-state index in [0.29, 0.717) is 13.2 Å². The summed E-state index contributed by atoms with van der Waals surface area (Å²) in [6, 6.07) is 10.1. The van der Waals surface area contributed by atoms with Crippen molar-refractivity contribution in [1.82, 2.24) is 25.0 Å². The summed E-state index contributed by atoms with van der Waals surface area (Å²) in [5.41, 5.74) is 1.08. The Bertz CT molecular complexity index is 741. The summed E-state index contributed by atoms with van der Waals surface area (Å²) in [5.74, 6) is 0.876. The number of hydrogen-bond donors (Lipinski definition) is 0. The van der Waals surface area contributed by atoms with E-state index in [1.54, 1.807) is 24.8 Å². The third-order valence-electron chi connectivity index (χ3n) is 3.37. The van der Waals surface area contributed by atoms with Crippen LogP contribution in [-0.4, -0.2) is 45.7 Å². The topological polar surface area (TPSA) is 69.0 Å². The van der Waals surface area contributed by atoms with E-state index in [0.717, 1.165) is 28.1 Å². The zero-order valence-electron chi connectivity index (χ0n) is 13.1. The first kappa shape index (κ1) is 15.6. The number of hydrogen-bond acceptors (Lipinski definition) is 7. The van der Waals surface area contributed by atoms with Crippen molar-refractivity contribution < 1.29 is 4.74 Å². The molecule has 1 aromatic carbocycles. The van der Waals surface area contributed by atoms with Crippen molar-refractivity contribution >= 4 is 16.5 Å². The number of anilines is 1. The van der Waals surface area contributed by atoms with E-state index in [2.05, 4.69) is 20.4 Å². The van der Waals surface area contributed by atoms with Gasteiger partial charge in [-0.25, -0.2) is 0 Å². The molecule has 7 nitrogen and oxygen atoms in total. The van der Waals surface area contributed by atoms with Crippen LogP contribution in [0.15, 0.2) is 36.7 Å². The second-order valence-corrected chi connectivity index (χ2v) is 6.00. The van der Waals surface area contributed by atoms with Crippen molar-refractivity contribution in [1.29, 1.82) is 0 Å². The highest BCUT2D eigenvalue weighted by Gasteiger charge is 2.13. The predicted molar refractivity (Wildman–Crippen MR) is 89.4 cm³/mol. The standard InChI is InChI=1S/C15H18N6OS/c1-20(10-13-17-16-11-21(13)8-9-22-2)15-19-18-14(23-15)12-6-4-3-5-7-12/h3-7,11H,8-10H2,1-2H3. The van der Waals surface area contributed by atoms with Crippen molar-refractivity contribution in [2.75, 3.05) is 25.7 Å². The quantitative estimate of drug-likeness (QED) is 0.661. The van der Waals surface area contributed by atoms with Crippen molar-refractivity contribution in [3.63, 3.8) is 0 Å². The van der Waals surface area contributed by atoms with Crippen molar-refractivity contribution in [3.05, 3.63) is 42.5 Å². The minimum Gasteiger partial charge on any atom is -0.383 e. The minimum absolute atomic E-state index is 0.618. The van der Waals surface area contributed by atoms with Crippen LogP contribution in [-0.2, 0) is 17.8 Å². The summed E-state index contributed by atoms with van der Waals surface area (Å²) in [5, 5.41) is 18.5. The van der Waals surface area contributed by atoms with E-state index < -0.39 is 0 Å². The van der Waals surface area contributed by atoms with E-state index in [1.165, 1.54) is 0 Å². The molecule has 0 spiro atoms. The molecule has 0 unspecified atom stereocenters. The number of aromatic nitrogens is 5. The Balaban J connectivity index is 1.71. The molecule has 0 radical (unpaired) electrons. The fourth-order valence-electron chi connectivity index (χ4n) is 2.12. The molecule has 2 aromatic heterocycles. The molecule has 3 rings (SSSR count). The van der Waals surface area contributed by atoms with Gasteiger partial charge in [0.15, 0.2) is 5.82 Å². The van der Waals surface area contributed by atoms with Gasteiger partial charge in [-0.2, -0.15) is 0 Å². The Hall–Kier alpha value is -2.32. The van der Waals surface area contributed by atoms with Crippen LogP contribution < -0.4 is 4.90 Å². The van der Waals surface area contributed by atoms with Gasteiger partial charge in [-0.05, 0) is 0 Å². The van der Waals surface area contributed by atoms with Gasteiger partial charge in [-0.3, -0.25) is 0 Å². The summed E-state index contributed by atoms with van der Waals surface area (Å²) >= 11 is 1.56. The Labute approximate surface area is 138 Å². The molecule has 0 atom stereocenters. The molecule has 0 N–H and O–H groups in total. The Morgan fingerprint density at radius 2 is 2.00 bits per heavy atom. The molecule has 23 heavy (non-hydrogen) atoms. The SMILES string of the molecule is COCCn1cnnc1CN(C)c1nnc(-c2ccccc2)s1. The number of ether oxygens (including phenoxy) is 1. The second kappa shape index (κ2) is 7.30. The average Bonchev–Trinajstić information content (AvgIpc) is 3.23. The van der Waals surface area contributed by atoms with Gasteiger partial charge in [0, 0.05) is 26.3 Å². The molecule has 0 aliphatic carbocycles. The summed E-state index contributed by atoms with van der Waals surface area (Å²) in [7, 11) is 3.66. The first-order valence-corrected chi connectivity index (χ1v) is 8.05. The Morgan fingerprint density at radius 1 is 1.17 bits per heavy atom. The van der Waals surface area contributed by atoms with E-state index in [4.69, 9.17) is 4.74 Å². The Morgan fingerprint density at radius 3 is 2.78 bits per heavy atom. The molecule has 3 aromatic rings. The molecule has 0 bridgehead atoms. The van der Waals surface area contributed by atoms with Crippen LogP contribution >= 0.6 is 11.3 Å². The Kier molecular flexibility index (Phi) is 4.94. The molecule has 2 heterocycles. The molecule has 0 saturated carbocycles. The first-order valence-electron chi connectivity index (χ1n) is 7.23. The zero-order chi connectivity index (χ0) is 16.1.